The first-order valence-corrected chi connectivity index (χ1v) is 27.1. The Morgan fingerprint density at radius 3 is 1.32 bits per heavy atom. The first-order chi connectivity index (χ1) is 31.0. The third-order valence-electron chi connectivity index (χ3n) is 12.2. The summed E-state index contributed by atoms with van der Waals surface area (Å²) in [5.41, 5.74) is 0. The van der Waals surface area contributed by atoms with E-state index in [-0.39, 0.29) is 24.9 Å². The summed E-state index contributed by atoms with van der Waals surface area (Å²) in [6.45, 7) is 6.42. The molecule has 6 heteroatoms. The van der Waals surface area contributed by atoms with E-state index in [4.69, 9.17) is 4.74 Å². The average molecular weight is 882 g/mol. The summed E-state index contributed by atoms with van der Waals surface area (Å²) in [5.74, 6) is -0.520. The number of carbonyl (C=O) groups is 2. The zero-order valence-electron chi connectivity index (χ0n) is 41.7. The maximum Gasteiger partial charge on any atom is 0.306 e. The summed E-state index contributed by atoms with van der Waals surface area (Å²) in [6.07, 6.45) is 62.8. The van der Waals surface area contributed by atoms with Gasteiger partial charge in [0.25, 0.3) is 0 Å². The summed E-state index contributed by atoms with van der Waals surface area (Å²) >= 11 is 0. The van der Waals surface area contributed by atoms with Crippen LogP contribution in [0.5, 0.6) is 0 Å². The predicted octanol–water partition coefficient (Wildman–Crippen LogP) is 16.4. The Kier molecular flexibility index (Phi) is 48.6. The minimum Gasteiger partial charge on any atom is -0.462 e. The Morgan fingerprint density at radius 2 is 0.825 bits per heavy atom. The van der Waals surface area contributed by atoms with Crippen LogP contribution in [0, 0.1) is 0 Å². The topological polar surface area (TPSA) is 95.9 Å². The number of unbranched alkanes of at least 4 members (excludes halogenated alkanes) is 29. The van der Waals surface area contributed by atoms with Crippen molar-refractivity contribution in [1.82, 2.24) is 5.32 Å². The van der Waals surface area contributed by atoms with Crippen LogP contribution in [0.2, 0.25) is 0 Å². The molecule has 0 aliphatic rings. The van der Waals surface area contributed by atoms with Gasteiger partial charge in [0, 0.05) is 6.42 Å². The number of esters is 1. The second kappa shape index (κ2) is 50.6. The van der Waals surface area contributed by atoms with Gasteiger partial charge in [0.15, 0.2) is 0 Å². The summed E-state index contributed by atoms with van der Waals surface area (Å²) in [7, 11) is 0. The van der Waals surface area contributed by atoms with Crippen molar-refractivity contribution in [3.8, 4) is 0 Å². The molecule has 366 valence electrons. The molecule has 3 atom stereocenters. The lowest BCUT2D eigenvalue weighted by Gasteiger charge is -2.24. The molecule has 6 nitrogen and oxygen atoms in total. The molecule has 0 aliphatic heterocycles. The molecular formula is C57H103NO5. The van der Waals surface area contributed by atoms with Crippen LogP contribution >= 0.6 is 0 Å². The van der Waals surface area contributed by atoms with Crippen LogP contribution in [0.1, 0.15) is 265 Å². The zero-order chi connectivity index (χ0) is 45.9. The predicted molar refractivity (Wildman–Crippen MR) is 273 cm³/mol. The van der Waals surface area contributed by atoms with Gasteiger partial charge >= 0.3 is 5.97 Å². The molecule has 0 rings (SSSR count). The van der Waals surface area contributed by atoms with E-state index in [0.717, 1.165) is 77.0 Å². The van der Waals surface area contributed by atoms with E-state index in [9.17, 15) is 19.8 Å². The van der Waals surface area contributed by atoms with Crippen molar-refractivity contribution in [3.05, 3.63) is 60.8 Å². The van der Waals surface area contributed by atoms with Gasteiger partial charge in [0.1, 0.15) is 6.10 Å². The van der Waals surface area contributed by atoms with Gasteiger partial charge in [-0.25, -0.2) is 0 Å². The number of aliphatic hydroxyl groups excluding tert-OH is 2. The van der Waals surface area contributed by atoms with Crippen LogP contribution in [0.25, 0.3) is 0 Å². The van der Waals surface area contributed by atoms with Crippen molar-refractivity contribution in [3.63, 3.8) is 0 Å². The number of hydrogen-bond donors (Lipinski definition) is 3. The van der Waals surface area contributed by atoms with E-state index < -0.39 is 18.2 Å². The normalized spacial score (nSPS) is 13.7. The fourth-order valence-electron chi connectivity index (χ4n) is 8.03. The Hall–Kier alpha value is -2.44. The summed E-state index contributed by atoms with van der Waals surface area (Å²) < 4.78 is 5.92. The number of nitrogens with one attached hydrogen (secondary N) is 1. The van der Waals surface area contributed by atoms with E-state index in [2.05, 4.69) is 80.8 Å². The Morgan fingerprint density at radius 1 is 0.460 bits per heavy atom. The molecule has 1 amide bonds. The van der Waals surface area contributed by atoms with Crippen LogP contribution in [0.3, 0.4) is 0 Å². The second-order valence-electron chi connectivity index (χ2n) is 18.4. The van der Waals surface area contributed by atoms with Crippen molar-refractivity contribution in [2.24, 2.45) is 0 Å². The molecule has 63 heavy (non-hydrogen) atoms. The Bertz CT molecular complexity index is 1130. The van der Waals surface area contributed by atoms with Crippen LogP contribution in [-0.4, -0.2) is 46.9 Å². The highest BCUT2D eigenvalue weighted by Crippen LogP contribution is 2.18. The molecule has 0 bridgehead atoms. The standard InChI is InChI=1S/C57H103NO5/c1-4-7-10-13-16-19-22-25-27-29-31-33-36-39-42-45-48-53(63-57(62)50-47-44-41-38-35-24-21-18-15-12-9-6-3)51-56(61)58-54(52-59)55(60)49-46-43-40-37-34-32-30-28-26-23-20-17-14-11-8-5-2/h16,18-19,21-22,25,27,29,31,33,53-55,59-60H,4-15,17,20,23-24,26,28,30,32,34-52H2,1-3H3,(H,58,61)/b19-16+,21-18-,25-22+,29-27+,33-31+. The molecule has 0 aromatic rings. The van der Waals surface area contributed by atoms with E-state index in [1.165, 1.54) is 141 Å². The number of rotatable bonds is 48. The molecule has 3 unspecified atom stereocenters. The van der Waals surface area contributed by atoms with Crippen molar-refractivity contribution in [2.45, 2.75) is 283 Å². The van der Waals surface area contributed by atoms with Gasteiger partial charge in [-0.1, -0.05) is 236 Å². The lowest BCUT2D eigenvalue weighted by atomic mass is 10.0. The van der Waals surface area contributed by atoms with Gasteiger partial charge in [-0.15, -0.1) is 0 Å². The monoisotopic (exact) mass is 882 g/mol. The van der Waals surface area contributed by atoms with Gasteiger partial charge in [0.2, 0.25) is 5.91 Å². The fraction of sp³-hybridized carbons (Fsp3) is 0.789. The minimum absolute atomic E-state index is 0.0477. The van der Waals surface area contributed by atoms with Gasteiger partial charge in [-0.2, -0.15) is 0 Å². The molecule has 0 aliphatic carbocycles. The summed E-state index contributed by atoms with van der Waals surface area (Å²) in [6, 6.07) is -0.718. The fourth-order valence-corrected chi connectivity index (χ4v) is 8.03. The first-order valence-electron chi connectivity index (χ1n) is 27.1. The summed E-state index contributed by atoms with van der Waals surface area (Å²) in [5, 5.41) is 23.8. The quantitative estimate of drug-likeness (QED) is 0.0245. The molecule has 0 aromatic carbocycles. The lowest BCUT2D eigenvalue weighted by molar-refractivity contribution is -0.151. The molecular weight excluding hydrogens is 779 g/mol. The Labute approximate surface area is 390 Å². The van der Waals surface area contributed by atoms with Gasteiger partial charge in [-0.05, 0) is 77.0 Å². The molecule has 0 aromatic heterocycles. The van der Waals surface area contributed by atoms with Crippen molar-refractivity contribution < 1.29 is 24.5 Å². The maximum atomic E-state index is 13.2. The SMILES string of the molecule is CCCCC/C=C\CCCCCCCC(=O)OC(CCCCC/C=C/C=C/C=C/C=C/CCCCC)CC(=O)NC(CO)C(O)CCCCCCCCCCCCCCCCCC. The number of allylic oxidation sites excluding steroid dienone is 10. The largest absolute Gasteiger partial charge is 0.462 e. The maximum absolute atomic E-state index is 13.2. The second-order valence-corrected chi connectivity index (χ2v) is 18.4. The van der Waals surface area contributed by atoms with Crippen LogP contribution < -0.4 is 5.32 Å². The van der Waals surface area contributed by atoms with Gasteiger partial charge < -0.3 is 20.3 Å². The highest BCUT2D eigenvalue weighted by atomic mass is 16.5. The molecule has 0 saturated carbocycles. The van der Waals surface area contributed by atoms with Crippen molar-refractivity contribution in [2.75, 3.05) is 6.61 Å². The highest BCUT2D eigenvalue weighted by Gasteiger charge is 2.24. The molecule has 0 heterocycles. The molecule has 0 saturated heterocycles. The number of ether oxygens (including phenoxy) is 1. The molecule has 0 radical (unpaired) electrons. The van der Waals surface area contributed by atoms with Gasteiger partial charge in [-0.3, -0.25) is 9.59 Å². The van der Waals surface area contributed by atoms with Crippen LogP contribution in [0.4, 0.5) is 0 Å². The number of amides is 1. The summed E-state index contributed by atoms with van der Waals surface area (Å²) in [4.78, 5) is 26.2. The van der Waals surface area contributed by atoms with E-state index in [0.29, 0.717) is 19.3 Å². The van der Waals surface area contributed by atoms with E-state index in [1.807, 2.05) is 6.08 Å². The van der Waals surface area contributed by atoms with Crippen LogP contribution in [-0.2, 0) is 14.3 Å². The van der Waals surface area contributed by atoms with E-state index >= 15 is 0 Å². The smallest absolute Gasteiger partial charge is 0.306 e. The number of carbonyl (C=O) groups excluding carboxylic acids is 2. The zero-order valence-corrected chi connectivity index (χ0v) is 41.7. The minimum atomic E-state index is -0.801. The van der Waals surface area contributed by atoms with Crippen molar-refractivity contribution >= 4 is 11.9 Å². The molecule has 0 fully saturated rings. The first kappa shape index (κ1) is 60.6. The highest BCUT2D eigenvalue weighted by molar-refractivity contribution is 5.77. The third-order valence-corrected chi connectivity index (χ3v) is 12.2. The van der Waals surface area contributed by atoms with Gasteiger partial charge in [0.05, 0.1) is 25.2 Å². The average Bonchev–Trinajstić information content (AvgIpc) is 3.28. The van der Waals surface area contributed by atoms with Crippen molar-refractivity contribution in [1.29, 1.82) is 0 Å². The molecule has 0 spiro atoms. The lowest BCUT2D eigenvalue weighted by Crippen LogP contribution is -2.46. The van der Waals surface area contributed by atoms with Crippen LogP contribution in [0.15, 0.2) is 60.8 Å². The third kappa shape index (κ3) is 45.9. The Balaban J connectivity index is 4.63. The van der Waals surface area contributed by atoms with E-state index in [1.54, 1.807) is 0 Å². The number of aliphatic hydroxyl groups is 2. The molecule has 3 N–H and O–H groups in total. The number of hydrogen-bond acceptors (Lipinski definition) is 5.